The number of thioether (sulfide) groups is 1. The third-order valence-corrected chi connectivity index (χ3v) is 5.58. The number of hydrogen-bond acceptors (Lipinski definition) is 3. The van der Waals surface area contributed by atoms with Gasteiger partial charge in [0.25, 0.3) is 0 Å². The van der Waals surface area contributed by atoms with Crippen LogP contribution in [0.15, 0.2) is 22.7 Å². The van der Waals surface area contributed by atoms with E-state index in [9.17, 15) is 9.59 Å². The molecule has 1 atom stereocenters. The fourth-order valence-electron chi connectivity index (χ4n) is 2.16. The van der Waals surface area contributed by atoms with Gasteiger partial charge in [-0.3, -0.25) is 0 Å². The molecule has 1 heterocycles. The zero-order valence-electron chi connectivity index (χ0n) is 11.6. The minimum Gasteiger partial charge on any atom is -0.478 e. The van der Waals surface area contributed by atoms with Gasteiger partial charge < -0.3 is 15.7 Å². The van der Waals surface area contributed by atoms with Crippen molar-refractivity contribution in [1.82, 2.24) is 5.32 Å². The van der Waals surface area contributed by atoms with Crippen LogP contribution < -0.4 is 10.6 Å². The molecule has 0 radical (unpaired) electrons. The molecule has 2 rings (SSSR count). The summed E-state index contributed by atoms with van der Waals surface area (Å²) in [4.78, 5) is 22.8. The Morgan fingerprint density at radius 2 is 2.24 bits per heavy atom. The van der Waals surface area contributed by atoms with Gasteiger partial charge in [0.15, 0.2) is 0 Å². The lowest BCUT2D eigenvalue weighted by Gasteiger charge is -2.23. The zero-order chi connectivity index (χ0) is 15.5. The van der Waals surface area contributed by atoms with Crippen molar-refractivity contribution in [2.45, 2.75) is 24.5 Å². The second-order valence-electron chi connectivity index (χ2n) is 5.21. The fraction of sp³-hybridized carbons (Fsp3) is 0.429. The van der Waals surface area contributed by atoms with E-state index in [1.807, 2.05) is 11.8 Å². The molecule has 1 saturated heterocycles. The lowest BCUT2D eigenvalue weighted by atomic mass is 10.1. The molecule has 0 saturated carbocycles. The summed E-state index contributed by atoms with van der Waals surface area (Å²) in [6.07, 6.45) is 2.29. The number of nitrogens with one attached hydrogen (secondary N) is 2. The van der Waals surface area contributed by atoms with Crippen molar-refractivity contribution >= 4 is 45.4 Å². The summed E-state index contributed by atoms with van der Waals surface area (Å²) >= 11 is 5.15. The van der Waals surface area contributed by atoms with E-state index >= 15 is 0 Å². The highest BCUT2D eigenvalue weighted by Crippen LogP contribution is 2.36. The average Bonchev–Trinajstić information content (AvgIpc) is 2.86. The first kappa shape index (κ1) is 16.2. The maximum absolute atomic E-state index is 11.9. The largest absolute Gasteiger partial charge is 0.478 e. The van der Waals surface area contributed by atoms with Crippen LogP contribution in [0.4, 0.5) is 10.5 Å². The third kappa shape index (κ3) is 4.38. The molecule has 1 fully saturated rings. The summed E-state index contributed by atoms with van der Waals surface area (Å²) in [7, 11) is 0. The molecular formula is C14H17BrN2O3S. The Kier molecular flexibility index (Phi) is 5.16. The summed E-state index contributed by atoms with van der Waals surface area (Å²) in [6.45, 7) is 2.77. The molecule has 7 heteroatoms. The maximum atomic E-state index is 11.9. The number of urea groups is 1. The monoisotopic (exact) mass is 372 g/mol. The highest BCUT2D eigenvalue weighted by atomic mass is 79.9. The van der Waals surface area contributed by atoms with Gasteiger partial charge in [-0.15, -0.1) is 0 Å². The van der Waals surface area contributed by atoms with Gasteiger partial charge in [-0.25, -0.2) is 9.59 Å². The molecule has 0 spiro atoms. The van der Waals surface area contributed by atoms with Crippen LogP contribution in [0.5, 0.6) is 0 Å². The second kappa shape index (κ2) is 6.70. The standard InChI is InChI=1S/C14H17BrN2O3S/c1-14(5-2-6-21-14)8-16-13(20)17-11-4-3-9(12(18)19)7-10(11)15/h3-4,7H,2,5-6,8H2,1H3,(H,18,19)(H2,16,17,20). The number of halogens is 1. The molecular weight excluding hydrogens is 356 g/mol. The number of hydrogen-bond donors (Lipinski definition) is 3. The van der Waals surface area contributed by atoms with Gasteiger partial charge in [0.1, 0.15) is 0 Å². The van der Waals surface area contributed by atoms with Crippen LogP contribution in [0.1, 0.15) is 30.1 Å². The van der Waals surface area contributed by atoms with Crippen LogP contribution in [-0.4, -0.2) is 34.2 Å². The predicted molar refractivity (Wildman–Crippen MR) is 88.2 cm³/mol. The van der Waals surface area contributed by atoms with Gasteiger partial charge >= 0.3 is 12.0 Å². The Morgan fingerprint density at radius 1 is 1.48 bits per heavy atom. The number of aromatic carboxylic acids is 1. The smallest absolute Gasteiger partial charge is 0.335 e. The number of benzene rings is 1. The third-order valence-electron chi connectivity index (χ3n) is 3.39. The Hall–Kier alpha value is -1.21. The number of carboxylic acid groups (broad SMARTS) is 1. The topological polar surface area (TPSA) is 78.4 Å². The van der Waals surface area contributed by atoms with E-state index in [1.165, 1.54) is 18.6 Å². The molecule has 0 aromatic heterocycles. The molecule has 114 valence electrons. The molecule has 1 aliphatic rings. The van der Waals surface area contributed by atoms with Gasteiger partial charge in [0, 0.05) is 15.8 Å². The van der Waals surface area contributed by atoms with Gasteiger partial charge in [-0.1, -0.05) is 0 Å². The quantitative estimate of drug-likeness (QED) is 0.754. The van der Waals surface area contributed by atoms with Gasteiger partial charge in [0.2, 0.25) is 0 Å². The predicted octanol–water partition coefficient (Wildman–Crippen LogP) is 3.55. The van der Waals surface area contributed by atoms with Crippen LogP contribution >= 0.6 is 27.7 Å². The van der Waals surface area contributed by atoms with Crippen molar-refractivity contribution in [3.05, 3.63) is 28.2 Å². The molecule has 0 bridgehead atoms. The minimum atomic E-state index is -1.00. The average molecular weight is 373 g/mol. The SMILES string of the molecule is CC1(CNC(=O)Nc2ccc(C(=O)O)cc2Br)CCCS1. The number of carbonyl (C=O) groups excluding carboxylic acids is 1. The molecule has 1 aromatic carbocycles. The summed E-state index contributed by atoms with van der Waals surface area (Å²) < 4.78 is 0.654. The summed E-state index contributed by atoms with van der Waals surface area (Å²) in [5, 5.41) is 14.5. The summed E-state index contributed by atoms with van der Waals surface area (Å²) in [6, 6.07) is 4.20. The lowest BCUT2D eigenvalue weighted by molar-refractivity contribution is 0.0697. The number of amides is 2. The first-order chi connectivity index (χ1) is 9.89. The molecule has 0 aliphatic carbocycles. The van der Waals surface area contributed by atoms with Gasteiger partial charge in [-0.2, -0.15) is 11.8 Å². The van der Waals surface area contributed by atoms with E-state index in [0.717, 1.165) is 12.2 Å². The number of carboxylic acids is 1. The van der Waals surface area contributed by atoms with Gasteiger partial charge in [-0.05, 0) is 59.6 Å². The number of anilines is 1. The first-order valence-corrected chi connectivity index (χ1v) is 8.39. The summed E-state index contributed by atoms with van der Waals surface area (Å²) in [5.41, 5.74) is 0.712. The van der Waals surface area contributed by atoms with E-state index in [-0.39, 0.29) is 16.3 Å². The van der Waals surface area contributed by atoms with Crippen LogP contribution in [0.25, 0.3) is 0 Å². The molecule has 2 amide bonds. The van der Waals surface area contributed by atoms with Crippen molar-refractivity contribution < 1.29 is 14.7 Å². The van der Waals surface area contributed by atoms with Crippen LogP contribution in [0, 0.1) is 0 Å². The molecule has 1 aliphatic heterocycles. The summed E-state index contributed by atoms with van der Waals surface area (Å²) in [5.74, 6) is 0.139. The maximum Gasteiger partial charge on any atom is 0.335 e. The van der Waals surface area contributed by atoms with Crippen molar-refractivity contribution in [3.63, 3.8) is 0 Å². The molecule has 21 heavy (non-hydrogen) atoms. The Morgan fingerprint density at radius 3 is 2.81 bits per heavy atom. The lowest BCUT2D eigenvalue weighted by Crippen LogP contribution is -2.39. The highest BCUT2D eigenvalue weighted by Gasteiger charge is 2.29. The minimum absolute atomic E-state index is 0.113. The normalized spacial score (nSPS) is 21.0. The van der Waals surface area contributed by atoms with E-state index < -0.39 is 5.97 Å². The number of carbonyl (C=O) groups is 2. The molecule has 3 N–H and O–H groups in total. The van der Waals surface area contributed by atoms with E-state index in [1.54, 1.807) is 6.07 Å². The van der Waals surface area contributed by atoms with Crippen LogP contribution in [0.2, 0.25) is 0 Å². The highest BCUT2D eigenvalue weighted by molar-refractivity contribution is 9.10. The Labute approximate surface area is 136 Å². The van der Waals surface area contributed by atoms with Crippen LogP contribution in [0.3, 0.4) is 0 Å². The fourth-order valence-corrected chi connectivity index (χ4v) is 3.88. The van der Waals surface area contributed by atoms with E-state index in [4.69, 9.17) is 5.11 Å². The van der Waals surface area contributed by atoms with Crippen molar-refractivity contribution in [2.24, 2.45) is 0 Å². The Bertz CT molecular complexity index is 559. The van der Waals surface area contributed by atoms with Gasteiger partial charge in [0.05, 0.1) is 11.3 Å². The number of rotatable bonds is 4. The van der Waals surface area contributed by atoms with E-state index in [0.29, 0.717) is 16.7 Å². The van der Waals surface area contributed by atoms with Crippen LogP contribution in [-0.2, 0) is 0 Å². The second-order valence-corrected chi connectivity index (χ2v) is 7.75. The molecule has 1 unspecified atom stereocenters. The molecule has 5 nitrogen and oxygen atoms in total. The first-order valence-electron chi connectivity index (χ1n) is 6.61. The van der Waals surface area contributed by atoms with Crippen molar-refractivity contribution in [3.8, 4) is 0 Å². The van der Waals surface area contributed by atoms with E-state index in [2.05, 4.69) is 33.5 Å². The Balaban J connectivity index is 1.92. The van der Waals surface area contributed by atoms with Crippen molar-refractivity contribution in [2.75, 3.05) is 17.6 Å². The van der Waals surface area contributed by atoms with Crippen molar-refractivity contribution in [1.29, 1.82) is 0 Å². The molecule has 1 aromatic rings. The zero-order valence-corrected chi connectivity index (χ0v) is 14.0.